The molecule has 0 bridgehead atoms. The highest BCUT2D eigenvalue weighted by atomic mass is 16.3. The van der Waals surface area contributed by atoms with E-state index in [9.17, 15) is 9.90 Å². The molecule has 1 aliphatic rings. The van der Waals surface area contributed by atoms with Crippen molar-refractivity contribution in [2.75, 3.05) is 25.0 Å². The fourth-order valence-electron chi connectivity index (χ4n) is 2.96. The quantitative estimate of drug-likeness (QED) is 0.920. The van der Waals surface area contributed by atoms with Gasteiger partial charge in [0.25, 0.3) is 0 Å². The number of likely N-dealkylation sites (N-methyl/N-ethyl adjacent to an activating group) is 1. The van der Waals surface area contributed by atoms with Gasteiger partial charge in [0.15, 0.2) is 0 Å². The third-order valence-corrected chi connectivity index (χ3v) is 3.89. The van der Waals surface area contributed by atoms with E-state index in [4.69, 9.17) is 5.26 Å². The van der Waals surface area contributed by atoms with Gasteiger partial charge in [0.05, 0.1) is 23.3 Å². The number of rotatable bonds is 4. The van der Waals surface area contributed by atoms with E-state index < -0.39 is 5.60 Å². The highest BCUT2D eigenvalue weighted by Crippen LogP contribution is 2.24. The molecule has 1 aromatic rings. The van der Waals surface area contributed by atoms with Gasteiger partial charge in [-0.3, -0.25) is 9.69 Å². The third-order valence-electron chi connectivity index (χ3n) is 3.89. The maximum atomic E-state index is 12.7. The molecule has 1 unspecified atom stereocenters. The van der Waals surface area contributed by atoms with E-state index in [0.29, 0.717) is 18.7 Å². The van der Waals surface area contributed by atoms with Crippen molar-refractivity contribution in [3.8, 4) is 6.07 Å². The molecule has 0 spiro atoms. The normalized spacial score (nSPS) is 19.4. The average molecular weight is 301 g/mol. The molecule has 1 aromatic carbocycles. The molecule has 5 nitrogen and oxygen atoms in total. The summed E-state index contributed by atoms with van der Waals surface area (Å²) in [6, 6.07) is 8.96. The number of piperidine rings is 1. The van der Waals surface area contributed by atoms with Crippen LogP contribution in [0.15, 0.2) is 24.3 Å². The zero-order valence-corrected chi connectivity index (χ0v) is 13.4. The van der Waals surface area contributed by atoms with E-state index >= 15 is 0 Å². The third kappa shape index (κ3) is 3.85. The monoisotopic (exact) mass is 301 g/mol. The molecule has 0 aromatic heterocycles. The molecule has 5 heteroatoms. The molecule has 118 valence electrons. The van der Waals surface area contributed by atoms with Crippen molar-refractivity contribution < 1.29 is 9.90 Å². The minimum Gasteiger partial charge on any atom is -0.389 e. The predicted molar refractivity (Wildman–Crippen MR) is 85.5 cm³/mol. The zero-order chi connectivity index (χ0) is 16.3. The Morgan fingerprint density at radius 3 is 2.59 bits per heavy atom. The number of carbonyl (C=O) groups excluding carboxylic acids is 1. The van der Waals surface area contributed by atoms with Crippen molar-refractivity contribution in [1.29, 1.82) is 5.26 Å². The van der Waals surface area contributed by atoms with E-state index in [1.165, 1.54) is 0 Å². The molecule has 1 saturated heterocycles. The Kier molecular flexibility index (Phi) is 4.84. The minimum atomic E-state index is -0.828. The Morgan fingerprint density at radius 1 is 1.41 bits per heavy atom. The van der Waals surface area contributed by atoms with Gasteiger partial charge >= 0.3 is 0 Å². The van der Waals surface area contributed by atoms with Crippen LogP contribution in [0.3, 0.4) is 0 Å². The van der Waals surface area contributed by atoms with Gasteiger partial charge in [-0.05, 0) is 58.0 Å². The summed E-state index contributed by atoms with van der Waals surface area (Å²) >= 11 is 0. The summed E-state index contributed by atoms with van der Waals surface area (Å²) < 4.78 is 0. The van der Waals surface area contributed by atoms with Gasteiger partial charge in [0.1, 0.15) is 0 Å². The van der Waals surface area contributed by atoms with Crippen molar-refractivity contribution in [1.82, 2.24) is 4.90 Å². The predicted octanol–water partition coefficient (Wildman–Crippen LogP) is 1.76. The first-order valence-electron chi connectivity index (χ1n) is 7.56. The summed E-state index contributed by atoms with van der Waals surface area (Å²) in [4.78, 5) is 16.4. The molecule has 1 aliphatic heterocycles. The first-order valence-corrected chi connectivity index (χ1v) is 7.56. The Balaban J connectivity index is 2.14. The summed E-state index contributed by atoms with van der Waals surface area (Å²) in [5.41, 5.74) is 0.584. The van der Waals surface area contributed by atoms with E-state index in [1.807, 2.05) is 24.1 Å². The number of amides is 1. The summed E-state index contributed by atoms with van der Waals surface area (Å²) in [6.45, 7) is 4.63. The summed E-state index contributed by atoms with van der Waals surface area (Å²) in [5, 5.41) is 18.8. The number of carbonyl (C=O) groups is 1. The van der Waals surface area contributed by atoms with Gasteiger partial charge in [-0.2, -0.15) is 5.26 Å². The molecule has 0 radical (unpaired) electrons. The van der Waals surface area contributed by atoms with E-state index in [1.54, 1.807) is 30.9 Å². The number of anilines is 1. The molecular formula is C17H23N3O2. The Bertz CT molecular complexity index is 569. The number of nitriles is 1. The summed E-state index contributed by atoms with van der Waals surface area (Å²) in [6.07, 6.45) is 1.73. The van der Waals surface area contributed by atoms with Crippen LogP contribution in [0.1, 0.15) is 32.3 Å². The standard InChI is InChI=1S/C17H23N3O2/c1-17(2,22)12-19(3)15-5-4-10-20(16(15)21)14-8-6-13(11-18)7-9-14/h6-9,15,22H,4-5,10,12H2,1-3H3. The van der Waals surface area contributed by atoms with Crippen LogP contribution in [-0.2, 0) is 4.79 Å². The Labute approximate surface area is 131 Å². The maximum absolute atomic E-state index is 12.7. The van der Waals surface area contributed by atoms with Crippen LogP contribution in [-0.4, -0.2) is 47.7 Å². The average Bonchev–Trinajstić information content (AvgIpc) is 2.46. The highest BCUT2D eigenvalue weighted by Gasteiger charge is 2.34. The van der Waals surface area contributed by atoms with E-state index in [-0.39, 0.29) is 11.9 Å². The van der Waals surface area contributed by atoms with Crippen molar-refractivity contribution in [3.05, 3.63) is 29.8 Å². The van der Waals surface area contributed by atoms with Crippen LogP contribution in [0.4, 0.5) is 5.69 Å². The molecule has 0 aliphatic carbocycles. The van der Waals surface area contributed by atoms with Crippen molar-refractivity contribution in [2.24, 2.45) is 0 Å². The molecule has 0 saturated carbocycles. The van der Waals surface area contributed by atoms with Crippen LogP contribution >= 0.6 is 0 Å². The second kappa shape index (κ2) is 6.47. The molecule has 2 rings (SSSR count). The van der Waals surface area contributed by atoms with Gasteiger partial charge in [-0.25, -0.2) is 0 Å². The second-order valence-electron chi connectivity index (χ2n) is 6.53. The van der Waals surface area contributed by atoms with Crippen LogP contribution in [0.2, 0.25) is 0 Å². The number of aliphatic hydroxyl groups is 1. The van der Waals surface area contributed by atoms with Crippen molar-refractivity contribution in [3.63, 3.8) is 0 Å². The van der Waals surface area contributed by atoms with Crippen LogP contribution < -0.4 is 4.90 Å². The SMILES string of the molecule is CN(CC(C)(C)O)C1CCCN(c2ccc(C#N)cc2)C1=O. The molecule has 1 fully saturated rings. The van der Waals surface area contributed by atoms with Crippen LogP contribution in [0, 0.1) is 11.3 Å². The van der Waals surface area contributed by atoms with Crippen LogP contribution in [0.5, 0.6) is 0 Å². The molecule has 1 atom stereocenters. The minimum absolute atomic E-state index is 0.0581. The molecule has 1 heterocycles. The first-order chi connectivity index (χ1) is 10.3. The lowest BCUT2D eigenvalue weighted by Gasteiger charge is -2.38. The molecular weight excluding hydrogens is 278 g/mol. The number of hydrogen-bond acceptors (Lipinski definition) is 4. The molecule has 22 heavy (non-hydrogen) atoms. The zero-order valence-electron chi connectivity index (χ0n) is 13.4. The van der Waals surface area contributed by atoms with Gasteiger partial charge in [-0.1, -0.05) is 0 Å². The van der Waals surface area contributed by atoms with Crippen molar-refractivity contribution >= 4 is 11.6 Å². The smallest absolute Gasteiger partial charge is 0.244 e. The van der Waals surface area contributed by atoms with Gasteiger partial charge in [0.2, 0.25) is 5.91 Å². The highest BCUT2D eigenvalue weighted by molar-refractivity contribution is 5.97. The summed E-state index contributed by atoms with van der Waals surface area (Å²) in [7, 11) is 1.88. The number of hydrogen-bond donors (Lipinski definition) is 1. The lowest BCUT2D eigenvalue weighted by molar-refractivity contribution is -0.125. The summed E-state index contributed by atoms with van der Waals surface area (Å²) in [5.74, 6) is 0.0581. The Hall–Kier alpha value is -1.90. The largest absolute Gasteiger partial charge is 0.389 e. The molecule has 1 amide bonds. The maximum Gasteiger partial charge on any atom is 0.244 e. The van der Waals surface area contributed by atoms with Crippen molar-refractivity contribution in [2.45, 2.75) is 38.3 Å². The fraction of sp³-hybridized carbons (Fsp3) is 0.529. The van der Waals surface area contributed by atoms with Gasteiger partial charge in [-0.15, -0.1) is 0 Å². The lowest BCUT2D eigenvalue weighted by Crippen LogP contribution is -2.54. The van der Waals surface area contributed by atoms with E-state index in [0.717, 1.165) is 18.5 Å². The second-order valence-corrected chi connectivity index (χ2v) is 6.53. The Morgan fingerprint density at radius 2 is 2.05 bits per heavy atom. The van der Waals surface area contributed by atoms with Gasteiger partial charge < -0.3 is 10.0 Å². The molecule has 1 N–H and O–H groups in total. The van der Waals surface area contributed by atoms with Crippen LogP contribution in [0.25, 0.3) is 0 Å². The fourth-order valence-corrected chi connectivity index (χ4v) is 2.96. The van der Waals surface area contributed by atoms with E-state index in [2.05, 4.69) is 6.07 Å². The van der Waals surface area contributed by atoms with Gasteiger partial charge in [0, 0.05) is 18.8 Å². The lowest BCUT2D eigenvalue weighted by atomic mass is 10.0. The number of nitrogens with zero attached hydrogens (tertiary/aromatic N) is 3. The number of benzene rings is 1. The first kappa shape index (κ1) is 16.5. The topological polar surface area (TPSA) is 67.6 Å².